The van der Waals surface area contributed by atoms with E-state index in [0.717, 1.165) is 26.8 Å². The normalized spacial score (nSPS) is 17.9. The number of para-hydroxylation sites is 2. The van der Waals surface area contributed by atoms with Gasteiger partial charge in [-0.15, -0.1) is 21.8 Å². The van der Waals surface area contributed by atoms with Crippen LogP contribution >= 0.6 is 22.9 Å². The number of anilines is 1. The minimum Gasteiger partial charge on any atom is -0.333 e. The number of hydrogen-bond donors (Lipinski definition) is 0. The van der Waals surface area contributed by atoms with Gasteiger partial charge in [0, 0.05) is 33.9 Å². The van der Waals surface area contributed by atoms with Crippen LogP contribution in [-0.4, -0.2) is 31.0 Å². The van der Waals surface area contributed by atoms with Gasteiger partial charge in [0.05, 0.1) is 17.5 Å². The topological polar surface area (TPSA) is 94.2 Å². The van der Waals surface area contributed by atoms with E-state index in [0.29, 0.717) is 17.2 Å². The molecule has 1 aliphatic rings. The maximum absolute atomic E-state index is 12.6. The SMILES string of the molecule is O=C1C(Cl)C(c2cccc([N+](=O)[O-])c2)N1c1nnc(Cn2c3ccccc3c3ccccc32)s1. The van der Waals surface area contributed by atoms with Crippen LogP contribution in [-0.2, 0) is 11.3 Å². The second-order valence-corrected chi connectivity index (χ2v) is 9.52. The number of halogens is 1. The highest BCUT2D eigenvalue weighted by Gasteiger charge is 2.49. The van der Waals surface area contributed by atoms with Crippen molar-refractivity contribution in [1.82, 2.24) is 14.8 Å². The van der Waals surface area contributed by atoms with Crippen molar-refractivity contribution < 1.29 is 9.72 Å². The quantitative estimate of drug-likeness (QED) is 0.144. The predicted octanol–water partition coefficient (Wildman–Crippen LogP) is 5.30. The van der Waals surface area contributed by atoms with Crippen LogP contribution in [0.1, 0.15) is 16.6 Å². The fourth-order valence-electron chi connectivity index (χ4n) is 4.52. The average molecular weight is 490 g/mol. The molecule has 2 aromatic heterocycles. The first kappa shape index (κ1) is 20.8. The van der Waals surface area contributed by atoms with Crippen molar-refractivity contribution in [3.05, 3.63) is 93.5 Å². The van der Waals surface area contributed by atoms with Crippen molar-refractivity contribution in [1.29, 1.82) is 0 Å². The summed E-state index contributed by atoms with van der Waals surface area (Å²) in [4.78, 5) is 24.8. The summed E-state index contributed by atoms with van der Waals surface area (Å²) in [7, 11) is 0. The van der Waals surface area contributed by atoms with Gasteiger partial charge in [0.15, 0.2) is 0 Å². The van der Waals surface area contributed by atoms with Gasteiger partial charge in [-0.2, -0.15) is 0 Å². The zero-order chi connectivity index (χ0) is 23.4. The highest BCUT2D eigenvalue weighted by Crippen LogP contribution is 2.44. The smallest absolute Gasteiger partial charge is 0.269 e. The Balaban J connectivity index is 1.35. The summed E-state index contributed by atoms with van der Waals surface area (Å²) < 4.78 is 2.19. The van der Waals surface area contributed by atoms with E-state index < -0.39 is 16.3 Å². The number of β-lactam (4-membered cyclic amide) rings is 1. The van der Waals surface area contributed by atoms with Crippen LogP contribution in [0.2, 0.25) is 0 Å². The summed E-state index contributed by atoms with van der Waals surface area (Å²) in [6, 6.07) is 22.0. The molecule has 3 heterocycles. The first-order valence-corrected chi connectivity index (χ1v) is 11.8. The molecule has 0 radical (unpaired) electrons. The summed E-state index contributed by atoms with van der Waals surface area (Å²) in [5.74, 6) is -0.294. The molecule has 2 atom stereocenters. The lowest BCUT2D eigenvalue weighted by molar-refractivity contribution is -0.384. The van der Waals surface area contributed by atoms with E-state index in [2.05, 4.69) is 39.0 Å². The van der Waals surface area contributed by atoms with E-state index in [4.69, 9.17) is 11.6 Å². The molecule has 34 heavy (non-hydrogen) atoms. The maximum atomic E-state index is 12.6. The third kappa shape index (κ3) is 3.16. The molecule has 0 saturated carbocycles. The molecule has 8 nitrogen and oxygen atoms in total. The zero-order valence-corrected chi connectivity index (χ0v) is 19.1. The number of nitrogens with zero attached hydrogens (tertiary/aromatic N) is 5. The molecule has 6 rings (SSSR count). The van der Waals surface area contributed by atoms with Crippen LogP contribution in [0, 0.1) is 10.1 Å². The van der Waals surface area contributed by atoms with E-state index in [-0.39, 0.29) is 11.6 Å². The van der Waals surface area contributed by atoms with Crippen LogP contribution in [0.5, 0.6) is 0 Å². The number of carbonyl (C=O) groups is 1. The van der Waals surface area contributed by atoms with E-state index in [9.17, 15) is 14.9 Å². The van der Waals surface area contributed by atoms with Crippen molar-refractivity contribution in [2.75, 3.05) is 4.90 Å². The first-order valence-electron chi connectivity index (χ1n) is 10.5. The van der Waals surface area contributed by atoms with Crippen LogP contribution in [0.4, 0.5) is 10.8 Å². The van der Waals surface area contributed by atoms with Gasteiger partial charge in [-0.1, -0.05) is 59.9 Å². The molecule has 1 saturated heterocycles. The van der Waals surface area contributed by atoms with Crippen LogP contribution in [0.25, 0.3) is 21.8 Å². The molecule has 0 N–H and O–H groups in total. The molecule has 2 unspecified atom stereocenters. The number of rotatable bonds is 5. The second-order valence-electron chi connectivity index (χ2n) is 8.01. The summed E-state index contributed by atoms with van der Waals surface area (Å²) in [5.41, 5.74) is 2.73. The number of aromatic nitrogens is 3. The second kappa shape index (κ2) is 7.89. The number of non-ortho nitro benzene ring substituents is 1. The van der Waals surface area contributed by atoms with E-state index in [1.165, 1.54) is 28.4 Å². The largest absolute Gasteiger partial charge is 0.333 e. The molecule has 0 bridgehead atoms. The fourth-order valence-corrected chi connectivity index (χ4v) is 5.76. The highest BCUT2D eigenvalue weighted by molar-refractivity contribution is 7.15. The Morgan fingerprint density at radius 3 is 2.32 bits per heavy atom. The number of hydrogen-bond acceptors (Lipinski definition) is 6. The Labute approximate surface area is 202 Å². The van der Waals surface area contributed by atoms with Crippen molar-refractivity contribution in [2.24, 2.45) is 0 Å². The zero-order valence-electron chi connectivity index (χ0n) is 17.5. The summed E-state index contributed by atoms with van der Waals surface area (Å²) in [6.45, 7) is 0.500. The number of nitro groups is 1. The summed E-state index contributed by atoms with van der Waals surface area (Å²) in [6.07, 6.45) is 0. The first-order chi connectivity index (χ1) is 16.5. The third-order valence-electron chi connectivity index (χ3n) is 6.09. The molecule has 1 aliphatic heterocycles. The van der Waals surface area contributed by atoms with Crippen molar-refractivity contribution in [3.63, 3.8) is 0 Å². The maximum Gasteiger partial charge on any atom is 0.269 e. The molecule has 0 spiro atoms. The molecule has 10 heteroatoms. The Bertz CT molecular complexity index is 1540. The number of amides is 1. The predicted molar refractivity (Wildman–Crippen MR) is 131 cm³/mol. The van der Waals surface area contributed by atoms with Gasteiger partial charge < -0.3 is 4.57 Å². The Kier molecular flexibility index (Phi) is 4.82. The number of fused-ring (bicyclic) bond motifs is 3. The van der Waals surface area contributed by atoms with Gasteiger partial charge in [0.2, 0.25) is 11.0 Å². The summed E-state index contributed by atoms with van der Waals surface area (Å²) >= 11 is 7.64. The number of nitro benzene ring substituents is 1. The van der Waals surface area contributed by atoms with E-state index >= 15 is 0 Å². The molecular weight excluding hydrogens is 474 g/mol. The van der Waals surface area contributed by atoms with E-state index in [1.807, 2.05) is 24.3 Å². The standard InChI is InChI=1S/C24H16ClN5O3S/c25-21-22(14-6-5-7-15(12-14)30(32)33)29(23(21)31)24-27-26-20(34-24)13-28-18-10-3-1-8-16(18)17-9-2-4-11-19(17)28/h1-12,21-22H,13H2. The Morgan fingerprint density at radius 2 is 1.65 bits per heavy atom. The molecule has 5 aromatic rings. The molecule has 168 valence electrons. The van der Waals surface area contributed by atoms with Crippen molar-refractivity contribution in [2.45, 2.75) is 18.0 Å². The van der Waals surface area contributed by atoms with Gasteiger partial charge in [-0.05, 0) is 17.7 Å². The number of carbonyl (C=O) groups excluding carboxylic acids is 1. The Morgan fingerprint density at radius 1 is 0.971 bits per heavy atom. The average Bonchev–Trinajstić information content (AvgIpc) is 3.45. The fraction of sp³-hybridized carbons (Fsp3) is 0.125. The van der Waals surface area contributed by atoms with Gasteiger partial charge in [-0.25, -0.2) is 0 Å². The number of benzene rings is 3. The highest BCUT2D eigenvalue weighted by atomic mass is 35.5. The summed E-state index contributed by atoms with van der Waals surface area (Å²) in [5, 5.41) is 22.5. The van der Waals surface area contributed by atoms with Crippen molar-refractivity contribution in [3.8, 4) is 0 Å². The van der Waals surface area contributed by atoms with Crippen LogP contribution in [0.15, 0.2) is 72.8 Å². The number of alkyl halides is 1. The van der Waals surface area contributed by atoms with Gasteiger partial charge >= 0.3 is 0 Å². The minimum absolute atomic E-state index is 0.0509. The van der Waals surface area contributed by atoms with Gasteiger partial charge in [0.25, 0.3) is 5.69 Å². The lowest BCUT2D eigenvalue weighted by Crippen LogP contribution is -2.56. The molecule has 1 fully saturated rings. The van der Waals surface area contributed by atoms with Gasteiger partial charge in [0.1, 0.15) is 10.4 Å². The van der Waals surface area contributed by atoms with Crippen LogP contribution in [0.3, 0.4) is 0 Å². The monoisotopic (exact) mass is 489 g/mol. The lowest BCUT2D eigenvalue weighted by Gasteiger charge is -2.42. The van der Waals surface area contributed by atoms with E-state index in [1.54, 1.807) is 12.1 Å². The third-order valence-corrected chi connectivity index (χ3v) is 7.42. The van der Waals surface area contributed by atoms with Gasteiger partial charge in [-0.3, -0.25) is 19.8 Å². The Hall–Kier alpha value is -3.82. The molecule has 1 amide bonds. The minimum atomic E-state index is -0.813. The molecule has 0 aliphatic carbocycles. The lowest BCUT2D eigenvalue weighted by atomic mass is 9.93. The van der Waals surface area contributed by atoms with Crippen molar-refractivity contribution >= 4 is 61.5 Å². The van der Waals surface area contributed by atoms with Crippen LogP contribution < -0.4 is 4.90 Å². The molecule has 3 aromatic carbocycles. The molecular formula is C24H16ClN5O3S.